The molecule has 0 aliphatic heterocycles. The third kappa shape index (κ3) is 1.97. The Morgan fingerprint density at radius 2 is 1.79 bits per heavy atom. The summed E-state index contributed by atoms with van der Waals surface area (Å²) in [5.41, 5.74) is 1.36. The Morgan fingerprint density at radius 3 is 2.50 bits per heavy atom. The summed E-state index contributed by atoms with van der Waals surface area (Å²) in [6.45, 7) is 0. The standard InChI is InChI=1S/C12H17NO/c13-14-12-9-5-4-8-11(12)10-6-2-1-3-7-10/h1-3,6-7,11-12H,4-5,8-9,13H2. The molecule has 2 rings (SSSR count). The minimum atomic E-state index is 0.214. The molecule has 1 aliphatic carbocycles. The molecule has 0 amide bonds. The zero-order valence-electron chi connectivity index (χ0n) is 8.36. The van der Waals surface area contributed by atoms with Crippen molar-refractivity contribution >= 4 is 0 Å². The Labute approximate surface area is 85.0 Å². The highest BCUT2D eigenvalue weighted by Gasteiger charge is 2.26. The van der Waals surface area contributed by atoms with Crippen LogP contribution in [-0.2, 0) is 4.84 Å². The highest BCUT2D eigenvalue weighted by molar-refractivity contribution is 5.21. The van der Waals surface area contributed by atoms with E-state index in [0.29, 0.717) is 5.92 Å². The van der Waals surface area contributed by atoms with E-state index in [9.17, 15) is 0 Å². The fourth-order valence-corrected chi connectivity index (χ4v) is 2.34. The molecule has 1 aliphatic rings. The molecule has 1 aromatic rings. The highest BCUT2D eigenvalue weighted by Crippen LogP contribution is 2.33. The van der Waals surface area contributed by atoms with E-state index in [1.54, 1.807) is 0 Å². The zero-order valence-corrected chi connectivity index (χ0v) is 8.36. The van der Waals surface area contributed by atoms with E-state index in [2.05, 4.69) is 24.3 Å². The molecular weight excluding hydrogens is 174 g/mol. The molecule has 1 saturated carbocycles. The van der Waals surface area contributed by atoms with Gasteiger partial charge in [-0.15, -0.1) is 0 Å². The van der Waals surface area contributed by atoms with E-state index >= 15 is 0 Å². The maximum atomic E-state index is 5.33. The molecule has 0 bridgehead atoms. The Morgan fingerprint density at radius 1 is 1.07 bits per heavy atom. The van der Waals surface area contributed by atoms with Gasteiger partial charge < -0.3 is 4.84 Å². The first-order chi connectivity index (χ1) is 6.92. The number of hydrogen-bond acceptors (Lipinski definition) is 2. The van der Waals surface area contributed by atoms with Gasteiger partial charge in [-0.3, -0.25) is 0 Å². The number of nitrogens with two attached hydrogens (primary N) is 1. The van der Waals surface area contributed by atoms with Crippen molar-refractivity contribution in [2.45, 2.75) is 37.7 Å². The maximum absolute atomic E-state index is 5.33. The van der Waals surface area contributed by atoms with Crippen LogP contribution >= 0.6 is 0 Å². The van der Waals surface area contributed by atoms with Crippen molar-refractivity contribution in [3.8, 4) is 0 Å². The normalized spacial score (nSPS) is 27.5. The number of benzene rings is 1. The molecule has 2 unspecified atom stereocenters. The van der Waals surface area contributed by atoms with Crippen LogP contribution in [0.4, 0.5) is 0 Å². The first-order valence-electron chi connectivity index (χ1n) is 5.32. The van der Waals surface area contributed by atoms with E-state index < -0.39 is 0 Å². The molecule has 1 fully saturated rings. The quantitative estimate of drug-likeness (QED) is 0.729. The van der Waals surface area contributed by atoms with Gasteiger partial charge in [-0.2, -0.15) is 0 Å². The minimum Gasteiger partial charge on any atom is -0.301 e. The topological polar surface area (TPSA) is 35.2 Å². The lowest BCUT2D eigenvalue weighted by atomic mass is 9.82. The fraction of sp³-hybridized carbons (Fsp3) is 0.500. The monoisotopic (exact) mass is 191 g/mol. The van der Waals surface area contributed by atoms with Gasteiger partial charge in [0.25, 0.3) is 0 Å². The van der Waals surface area contributed by atoms with Crippen LogP contribution < -0.4 is 5.90 Å². The number of rotatable bonds is 2. The Kier molecular flexibility index (Phi) is 3.17. The lowest BCUT2D eigenvalue weighted by molar-refractivity contribution is 0.0122. The van der Waals surface area contributed by atoms with Gasteiger partial charge in [0.1, 0.15) is 0 Å². The Bertz CT molecular complexity index is 273. The lowest BCUT2D eigenvalue weighted by Crippen LogP contribution is -2.28. The van der Waals surface area contributed by atoms with Crippen molar-refractivity contribution < 1.29 is 4.84 Å². The Hall–Kier alpha value is -0.860. The molecule has 2 N–H and O–H groups in total. The summed E-state index contributed by atoms with van der Waals surface area (Å²) >= 11 is 0. The second-order valence-electron chi connectivity index (χ2n) is 3.98. The lowest BCUT2D eigenvalue weighted by Gasteiger charge is -2.29. The summed E-state index contributed by atoms with van der Waals surface area (Å²) in [5, 5.41) is 0. The average Bonchev–Trinajstić information content (AvgIpc) is 2.30. The van der Waals surface area contributed by atoms with Crippen LogP contribution in [0.5, 0.6) is 0 Å². The molecule has 0 aromatic heterocycles. The van der Waals surface area contributed by atoms with Crippen LogP contribution in [0.15, 0.2) is 30.3 Å². The predicted octanol–water partition coefficient (Wildman–Crippen LogP) is 2.60. The van der Waals surface area contributed by atoms with Gasteiger partial charge in [0, 0.05) is 5.92 Å². The van der Waals surface area contributed by atoms with Crippen LogP contribution in [0, 0.1) is 0 Å². The van der Waals surface area contributed by atoms with Crippen LogP contribution in [0.1, 0.15) is 37.2 Å². The summed E-state index contributed by atoms with van der Waals surface area (Å²) in [4.78, 5) is 5.06. The highest BCUT2D eigenvalue weighted by atomic mass is 16.6. The first-order valence-corrected chi connectivity index (χ1v) is 5.32. The SMILES string of the molecule is NOC1CCCCC1c1ccccc1. The van der Waals surface area contributed by atoms with E-state index in [4.69, 9.17) is 10.7 Å². The first kappa shape index (κ1) is 9.69. The van der Waals surface area contributed by atoms with Crippen LogP contribution in [0.2, 0.25) is 0 Å². The molecule has 76 valence electrons. The molecule has 0 heterocycles. The summed E-state index contributed by atoms with van der Waals surface area (Å²) in [6.07, 6.45) is 5.04. The summed E-state index contributed by atoms with van der Waals surface area (Å²) in [7, 11) is 0. The molecule has 0 spiro atoms. The third-order valence-electron chi connectivity index (χ3n) is 3.11. The average molecular weight is 191 g/mol. The van der Waals surface area contributed by atoms with Crippen molar-refractivity contribution in [3.63, 3.8) is 0 Å². The van der Waals surface area contributed by atoms with Gasteiger partial charge in [-0.1, -0.05) is 43.2 Å². The van der Waals surface area contributed by atoms with Crippen LogP contribution in [0.25, 0.3) is 0 Å². The summed E-state index contributed by atoms with van der Waals surface area (Å²) < 4.78 is 0. The molecule has 0 radical (unpaired) electrons. The molecule has 2 nitrogen and oxygen atoms in total. The van der Waals surface area contributed by atoms with Gasteiger partial charge in [-0.05, 0) is 18.4 Å². The fourth-order valence-electron chi connectivity index (χ4n) is 2.34. The van der Waals surface area contributed by atoms with E-state index in [0.717, 1.165) is 6.42 Å². The largest absolute Gasteiger partial charge is 0.301 e. The van der Waals surface area contributed by atoms with Gasteiger partial charge >= 0.3 is 0 Å². The second-order valence-corrected chi connectivity index (χ2v) is 3.98. The van der Waals surface area contributed by atoms with Crippen molar-refractivity contribution in [2.75, 3.05) is 0 Å². The molecule has 2 heteroatoms. The molecule has 14 heavy (non-hydrogen) atoms. The van der Waals surface area contributed by atoms with E-state index in [-0.39, 0.29) is 6.10 Å². The third-order valence-corrected chi connectivity index (χ3v) is 3.11. The van der Waals surface area contributed by atoms with E-state index in [1.807, 2.05) is 6.07 Å². The molecule has 1 aromatic carbocycles. The smallest absolute Gasteiger partial charge is 0.0855 e. The van der Waals surface area contributed by atoms with Gasteiger partial charge in [0.2, 0.25) is 0 Å². The van der Waals surface area contributed by atoms with Crippen LogP contribution in [0.3, 0.4) is 0 Å². The maximum Gasteiger partial charge on any atom is 0.0855 e. The van der Waals surface area contributed by atoms with Crippen molar-refractivity contribution in [1.82, 2.24) is 0 Å². The van der Waals surface area contributed by atoms with Gasteiger partial charge in [0.05, 0.1) is 6.10 Å². The Balaban J connectivity index is 2.15. The van der Waals surface area contributed by atoms with Gasteiger partial charge in [0.15, 0.2) is 0 Å². The van der Waals surface area contributed by atoms with Gasteiger partial charge in [-0.25, -0.2) is 5.90 Å². The summed E-state index contributed by atoms with van der Waals surface area (Å²) in [6, 6.07) is 10.5. The van der Waals surface area contributed by atoms with Crippen molar-refractivity contribution in [3.05, 3.63) is 35.9 Å². The minimum absolute atomic E-state index is 0.214. The molecule has 0 saturated heterocycles. The van der Waals surface area contributed by atoms with Crippen molar-refractivity contribution in [2.24, 2.45) is 5.90 Å². The van der Waals surface area contributed by atoms with Crippen molar-refractivity contribution in [1.29, 1.82) is 0 Å². The second kappa shape index (κ2) is 4.58. The van der Waals surface area contributed by atoms with Crippen LogP contribution in [-0.4, -0.2) is 6.10 Å². The number of hydrogen-bond donors (Lipinski definition) is 1. The predicted molar refractivity (Wildman–Crippen MR) is 56.7 cm³/mol. The molecular formula is C12H17NO. The zero-order chi connectivity index (χ0) is 9.80. The molecule has 2 atom stereocenters. The summed E-state index contributed by atoms with van der Waals surface area (Å²) in [5.74, 6) is 5.83. The van der Waals surface area contributed by atoms with E-state index in [1.165, 1.54) is 24.8 Å².